The van der Waals surface area contributed by atoms with Crippen LogP contribution in [0.4, 0.5) is 0 Å². The first-order chi connectivity index (χ1) is 8.08. The number of aliphatic hydroxyl groups is 1. The van der Waals surface area contributed by atoms with E-state index < -0.39 is 0 Å². The molecule has 1 aromatic rings. The van der Waals surface area contributed by atoms with Crippen molar-refractivity contribution in [2.75, 3.05) is 13.1 Å². The van der Waals surface area contributed by atoms with Crippen LogP contribution in [0.3, 0.4) is 0 Å². The van der Waals surface area contributed by atoms with Crippen LogP contribution in [-0.4, -0.2) is 40.1 Å². The number of hydrogen-bond donors (Lipinski definition) is 2. The van der Waals surface area contributed by atoms with Crippen LogP contribution in [0.25, 0.3) is 0 Å². The Hall–Kier alpha value is -1.62. The van der Waals surface area contributed by atoms with Gasteiger partial charge in [0, 0.05) is 31.3 Å². The first-order valence-electron chi connectivity index (χ1n) is 5.74. The van der Waals surface area contributed by atoms with Gasteiger partial charge < -0.3 is 15.0 Å². The Bertz CT molecular complexity index is 447. The van der Waals surface area contributed by atoms with Crippen molar-refractivity contribution in [3.63, 3.8) is 0 Å². The molecular weight excluding hydrogens is 220 g/mol. The van der Waals surface area contributed by atoms with Crippen LogP contribution in [0.1, 0.15) is 23.7 Å². The second-order valence-corrected chi connectivity index (χ2v) is 4.48. The fourth-order valence-corrected chi connectivity index (χ4v) is 2.09. The molecule has 0 bridgehead atoms. The largest absolute Gasteiger partial charge is 0.393 e. The monoisotopic (exact) mass is 236 g/mol. The number of aliphatic hydroxyl groups excluding tert-OH is 1. The van der Waals surface area contributed by atoms with Gasteiger partial charge in [-0.05, 0) is 19.4 Å². The van der Waals surface area contributed by atoms with Crippen molar-refractivity contribution in [2.45, 2.75) is 19.4 Å². The Morgan fingerprint density at radius 1 is 1.59 bits per heavy atom. The van der Waals surface area contributed by atoms with Crippen LogP contribution in [0.15, 0.2) is 23.1 Å². The molecule has 1 fully saturated rings. The molecule has 92 valence electrons. The summed E-state index contributed by atoms with van der Waals surface area (Å²) in [6.45, 7) is 2.99. The minimum atomic E-state index is -0.386. The molecular formula is C12H16N2O3. The van der Waals surface area contributed by atoms with Crippen LogP contribution in [0.2, 0.25) is 0 Å². The van der Waals surface area contributed by atoms with Gasteiger partial charge in [-0.1, -0.05) is 0 Å². The van der Waals surface area contributed by atoms with Crippen molar-refractivity contribution >= 4 is 5.91 Å². The lowest BCUT2D eigenvalue weighted by molar-refractivity contribution is 0.0762. The summed E-state index contributed by atoms with van der Waals surface area (Å²) in [5.74, 6) is 0.0612. The van der Waals surface area contributed by atoms with Crippen molar-refractivity contribution in [3.8, 4) is 0 Å². The molecule has 0 radical (unpaired) electrons. The quantitative estimate of drug-likeness (QED) is 0.771. The summed E-state index contributed by atoms with van der Waals surface area (Å²) in [7, 11) is 0. The topological polar surface area (TPSA) is 73.4 Å². The maximum Gasteiger partial charge on any atom is 0.255 e. The zero-order valence-corrected chi connectivity index (χ0v) is 9.72. The predicted molar refractivity (Wildman–Crippen MR) is 62.8 cm³/mol. The lowest BCUT2D eigenvalue weighted by atomic mass is 10.0. The van der Waals surface area contributed by atoms with Crippen LogP contribution < -0.4 is 5.56 Å². The summed E-state index contributed by atoms with van der Waals surface area (Å²) >= 11 is 0. The Morgan fingerprint density at radius 3 is 2.88 bits per heavy atom. The van der Waals surface area contributed by atoms with Gasteiger partial charge in [0.25, 0.3) is 5.91 Å². The number of pyridine rings is 1. The molecule has 2 heterocycles. The van der Waals surface area contributed by atoms with Gasteiger partial charge in [-0.2, -0.15) is 0 Å². The van der Waals surface area contributed by atoms with E-state index in [2.05, 4.69) is 4.98 Å². The molecule has 1 aliphatic rings. The zero-order valence-electron chi connectivity index (χ0n) is 9.72. The molecule has 1 aliphatic heterocycles. The second kappa shape index (κ2) is 4.71. The fraction of sp³-hybridized carbons (Fsp3) is 0.500. The SMILES string of the molecule is CC(O)C1CCN(C(=O)c2ccc(=O)[nH]c2)C1. The number of nitrogens with one attached hydrogen (secondary N) is 1. The van der Waals surface area contributed by atoms with Crippen molar-refractivity contribution in [2.24, 2.45) is 5.92 Å². The molecule has 1 amide bonds. The Kier molecular flexibility index (Phi) is 3.28. The van der Waals surface area contributed by atoms with Crippen molar-refractivity contribution in [1.29, 1.82) is 0 Å². The molecule has 0 spiro atoms. The molecule has 1 saturated heterocycles. The number of carbonyl (C=O) groups is 1. The highest BCUT2D eigenvalue weighted by Gasteiger charge is 2.29. The number of aromatic nitrogens is 1. The van der Waals surface area contributed by atoms with Gasteiger partial charge in [0.1, 0.15) is 0 Å². The first-order valence-corrected chi connectivity index (χ1v) is 5.74. The summed E-state index contributed by atoms with van der Waals surface area (Å²) in [4.78, 5) is 27.1. The van der Waals surface area contributed by atoms with Gasteiger partial charge >= 0.3 is 0 Å². The number of nitrogens with zero attached hydrogens (tertiary/aromatic N) is 1. The lowest BCUT2D eigenvalue weighted by Gasteiger charge is -2.17. The number of likely N-dealkylation sites (tertiary alicyclic amines) is 1. The van der Waals surface area contributed by atoms with Gasteiger partial charge in [-0.3, -0.25) is 9.59 Å². The molecule has 2 N–H and O–H groups in total. The smallest absolute Gasteiger partial charge is 0.255 e. The van der Waals surface area contributed by atoms with Crippen LogP contribution in [0, 0.1) is 5.92 Å². The molecule has 17 heavy (non-hydrogen) atoms. The molecule has 1 aromatic heterocycles. The third-order valence-electron chi connectivity index (χ3n) is 3.23. The maximum absolute atomic E-state index is 12.0. The predicted octanol–water partition coefficient (Wildman–Crippen LogP) is 0.218. The summed E-state index contributed by atoms with van der Waals surface area (Å²) in [5.41, 5.74) is 0.265. The summed E-state index contributed by atoms with van der Waals surface area (Å²) in [5, 5.41) is 9.47. The molecule has 5 nitrogen and oxygen atoms in total. The maximum atomic E-state index is 12.0. The van der Waals surface area contributed by atoms with E-state index in [1.165, 1.54) is 18.3 Å². The number of rotatable bonds is 2. The Labute approximate surface area is 99.1 Å². The van der Waals surface area contributed by atoms with Crippen molar-refractivity contribution < 1.29 is 9.90 Å². The van der Waals surface area contributed by atoms with Crippen LogP contribution in [0.5, 0.6) is 0 Å². The van der Waals surface area contributed by atoms with E-state index in [4.69, 9.17) is 0 Å². The van der Waals surface area contributed by atoms with E-state index in [1.807, 2.05) is 0 Å². The number of amides is 1. The van der Waals surface area contributed by atoms with Gasteiger partial charge in [0.15, 0.2) is 0 Å². The van der Waals surface area contributed by atoms with Gasteiger partial charge in [-0.25, -0.2) is 0 Å². The highest BCUT2D eigenvalue weighted by molar-refractivity contribution is 5.94. The molecule has 0 aromatic carbocycles. The number of carbonyl (C=O) groups excluding carboxylic acids is 1. The normalized spacial score (nSPS) is 21.5. The fourth-order valence-electron chi connectivity index (χ4n) is 2.09. The minimum absolute atomic E-state index is 0.0931. The lowest BCUT2D eigenvalue weighted by Crippen LogP contribution is -2.30. The number of aromatic amines is 1. The molecule has 2 rings (SSSR count). The van der Waals surface area contributed by atoms with Gasteiger partial charge in [-0.15, -0.1) is 0 Å². The van der Waals surface area contributed by atoms with Gasteiger partial charge in [0.2, 0.25) is 5.56 Å². The van der Waals surface area contributed by atoms with Crippen LogP contribution >= 0.6 is 0 Å². The van der Waals surface area contributed by atoms with E-state index in [9.17, 15) is 14.7 Å². The average molecular weight is 236 g/mol. The van der Waals surface area contributed by atoms with E-state index in [0.29, 0.717) is 18.7 Å². The molecule has 0 aliphatic carbocycles. The van der Waals surface area contributed by atoms with E-state index in [1.54, 1.807) is 11.8 Å². The Morgan fingerprint density at radius 2 is 2.35 bits per heavy atom. The van der Waals surface area contributed by atoms with E-state index in [-0.39, 0.29) is 23.5 Å². The molecule has 5 heteroatoms. The van der Waals surface area contributed by atoms with Crippen LogP contribution in [-0.2, 0) is 0 Å². The van der Waals surface area contributed by atoms with E-state index >= 15 is 0 Å². The highest BCUT2D eigenvalue weighted by Crippen LogP contribution is 2.21. The molecule has 2 unspecified atom stereocenters. The van der Waals surface area contributed by atoms with Crippen molar-refractivity contribution in [1.82, 2.24) is 9.88 Å². The van der Waals surface area contributed by atoms with E-state index in [0.717, 1.165) is 6.42 Å². The summed E-state index contributed by atoms with van der Waals surface area (Å²) in [6, 6.07) is 2.87. The third-order valence-corrected chi connectivity index (χ3v) is 3.23. The van der Waals surface area contributed by atoms with Crippen molar-refractivity contribution in [3.05, 3.63) is 34.2 Å². The summed E-state index contributed by atoms with van der Waals surface area (Å²) in [6.07, 6.45) is 1.87. The van der Waals surface area contributed by atoms with Gasteiger partial charge in [0.05, 0.1) is 11.7 Å². The first kappa shape index (κ1) is 11.9. The third kappa shape index (κ3) is 2.55. The summed E-state index contributed by atoms with van der Waals surface area (Å²) < 4.78 is 0. The average Bonchev–Trinajstić information content (AvgIpc) is 2.78. The Balaban J connectivity index is 2.07. The second-order valence-electron chi connectivity index (χ2n) is 4.48. The molecule has 2 atom stereocenters. The zero-order chi connectivity index (χ0) is 12.4. The minimum Gasteiger partial charge on any atom is -0.393 e. The number of hydrogen-bond acceptors (Lipinski definition) is 3. The number of H-pyrrole nitrogens is 1. The standard InChI is InChI=1S/C12H16N2O3/c1-8(15)10-4-5-14(7-10)12(17)9-2-3-11(16)13-6-9/h2-3,6,8,10,15H,4-5,7H2,1H3,(H,13,16). The molecule has 0 saturated carbocycles. The highest BCUT2D eigenvalue weighted by atomic mass is 16.3.